The van der Waals surface area contributed by atoms with Crippen molar-refractivity contribution in [3.8, 4) is 11.8 Å². The van der Waals surface area contributed by atoms with Gasteiger partial charge in [-0.1, -0.05) is 47.6 Å². The van der Waals surface area contributed by atoms with Gasteiger partial charge in [0.25, 0.3) is 5.91 Å². The minimum absolute atomic E-state index is 0.232. The number of nitriles is 1. The molecule has 136 valence electrons. The van der Waals surface area contributed by atoms with Gasteiger partial charge in [0.1, 0.15) is 11.8 Å². The topological polar surface area (TPSA) is 104 Å². The molecule has 0 saturated carbocycles. The largest absolute Gasteiger partial charge is 0.482 e. The predicted molar refractivity (Wildman–Crippen MR) is 103 cm³/mol. The Morgan fingerprint density at radius 3 is 2.81 bits per heavy atom. The summed E-state index contributed by atoms with van der Waals surface area (Å²) in [5.74, 6) is 0.854. The zero-order valence-corrected chi connectivity index (χ0v) is 15.5. The summed E-state index contributed by atoms with van der Waals surface area (Å²) in [6.07, 6.45) is 0. The Balaban J connectivity index is 1.49. The number of nitrogens with zero attached hydrogens (tertiary/aromatic N) is 3. The van der Waals surface area contributed by atoms with Crippen LogP contribution in [-0.4, -0.2) is 27.7 Å². The van der Waals surface area contributed by atoms with E-state index in [4.69, 9.17) is 21.6 Å². The molecule has 0 aliphatic rings. The highest BCUT2D eigenvalue weighted by Crippen LogP contribution is 2.21. The molecule has 1 aromatic heterocycles. The van der Waals surface area contributed by atoms with E-state index >= 15 is 0 Å². The van der Waals surface area contributed by atoms with Crippen LogP contribution in [0.2, 0.25) is 5.02 Å². The van der Waals surface area contributed by atoms with Crippen molar-refractivity contribution in [3.63, 3.8) is 0 Å². The predicted octanol–water partition coefficient (Wildman–Crippen LogP) is 3.64. The van der Waals surface area contributed by atoms with Crippen LogP contribution in [-0.2, 0) is 10.5 Å². The van der Waals surface area contributed by atoms with Crippen molar-refractivity contribution >= 4 is 35.2 Å². The highest BCUT2D eigenvalue weighted by Gasteiger charge is 2.10. The van der Waals surface area contributed by atoms with Crippen molar-refractivity contribution in [1.29, 1.82) is 5.26 Å². The van der Waals surface area contributed by atoms with Gasteiger partial charge in [0, 0.05) is 10.8 Å². The van der Waals surface area contributed by atoms with Gasteiger partial charge in [0.05, 0.1) is 5.56 Å². The minimum Gasteiger partial charge on any atom is -0.482 e. The first-order valence-electron chi connectivity index (χ1n) is 7.85. The van der Waals surface area contributed by atoms with Crippen molar-refractivity contribution in [1.82, 2.24) is 15.2 Å². The first kappa shape index (κ1) is 18.8. The van der Waals surface area contributed by atoms with Crippen LogP contribution in [0.5, 0.6) is 5.75 Å². The first-order chi connectivity index (χ1) is 13.1. The third-order valence-electron chi connectivity index (χ3n) is 3.37. The van der Waals surface area contributed by atoms with Gasteiger partial charge in [-0.3, -0.25) is 10.1 Å². The number of carbonyl (C=O) groups excluding carboxylic acids is 1. The van der Waals surface area contributed by atoms with Gasteiger partial charge in [0.2, 0.25) is 11.1 Å². The fourth-order valence-corrected chi connectivity index (χ4v) is 2.97. The number of rotatable bonds is 7. The summed E-state index contributed by atoms with van der Waals surface area (Å²) in [6.45, 7) is -0.243. The number of hydrogen-bond acceptors (Lipinski definition) is 6. The number of thioether (sulfide) groups is 1. The van der Waals surface area contributed by atoms with E-state index in [9.17, 15) is 4.79 Å². The number of para-hydroxylation sites is 1. The van der Waals surface area contributed by atoms with E-state index in [1.807, 2.05) is 30.3 Å². The van der Waals surface area contributed by atoms with E-state index in [0.717, 1.165) is 5.56 Å². The SMILES string of the molecule is N#Cc1ccccc1OCC(=O)Nc1nc(SCc2ccc(Cl)cc2)n[nH]1. The monoisotopic (exact) mass is 399 g/mol. The number of H-pyrrole nitrogens is 1. The molecule has 3 rings (SSSR count). The van der Waals surface area contributed by atoms with Gasteiger partial charge < -0.3 is 4.74 Å². The second-order valence-electron chi connectivity index (χ2n) is 5.33. The molecule has 0 fully saturated rings. The summed E-state index contributed by atoms with van der Waals surface area (Å²) >= 11 is 7.29. The van der Waals surface area contributed by atoms with E-state index in [2.05, 4.69) is 20.5 Å². The number of aromatic amines is 1. The van der Waals surface area contributed by atoms with Gasteiger partial charge in [-0.05, 0) is 29.8 Å². The van der Waals surface area contributed by atoms with Crippen molar-refractivity contribution in [2.24, 2.45) is 0 Å². The van der Waals surface area contributed by atoms with Crippen molar-refractivity contribution in [2.45, 2.75) is 10.9 Å². The highest BCUT2D eigenvalue weighted by molar-refractivity contribution is 7.98. The summed E-state index contributed by atoms with van der Waals surface area (Å²) in [4.78, 5) is 16.2. The number of amides is 1. The lowest BCUT2D eigenvalue weighted by Crippen LogP contribution is -2.21. The molecule has 0 radical (unpaired) electrons. The zero-order valence-electron chi connectivity index (χ0n) is 14.0. The number of halogens is 1. The van der Waals surface area contributed by atoms with E-state index in [0.29, 0.717) is 27.2 Å². The standard InChI is InChI=1S/C18H14ClN5O2S/c19-14-7-5-12(6-8-14)11-27-18-22-17(23-24-18)21-16(25)10-26-15-4-2-1-3-13(15)9-20/h1-8H,10-11H2,(H2,21,22,23,24,25). The van der Waals surface area contributed by atoms with Crippen LogP contribution in [0.25, 0.3) is 0 Å². The second kappa shape index (κ2) is 9.07. The number of aromatic nitrogens is 3. The van der Waals surface area contributed by atoms with Crippen LogP contribution in [0.15, 0.2) is 53.7 Å². The summed E-state index contributed by atoms with van der Waals surface area (Å²) in [5.41, 5.74) is 1.45. The Morgan fingerprint density at radius 2 is 2.04 bits per heavy atom. The van der Waals surface area contributed by atoms with Crippen LogP contribution in [0.1, 0.15) is 11.1 Å². The number of anilines is 1. The fourth-order valence-electron chi connectivity index (χ4n) is 2.09. The lowest BCUT2D eigenvalue weighted by molar-refractivity contribution is -0.118. The molecule has 0 unspecified atom stereocenters. The van der Waals surface area contributed by atoms with Crippen molar-refractivity contribution in [2.75, 3.05) is 11.9 Å². The highest BCUT2D eigenvalue weighted by atomic mass is 35.5. The lowest BCUT2D eigenvalue weighted by atomic mass is 10.2. The average molecular weight is 400 g/mol. The molecular weight excluding hydrogens is 386 g/mol. The molecule has 0 atom stereocenters. The molecule has 2 N–H and O–H groups in total. The maximum Gasteiger partial charge on any atom is 0.264 e. The van der Waals surface area contributed by atoms with E-state index in [-0.39, 0.29) is 12.6 Å². The number of benzene rings is 2. The summed E-state index contributed by atoms with van der Waals surface area (Å²) in [5, 5.41) is 19.5. The molecule has 9 heteroatoms. The normalized spacial score (nSPS) is 10.2. The van der Waals surface area contributed by atoms with Gasteiger partial charge in [0.15, 0.2) is 6.61 Å². The Bertz CT molecular complexity index is 968. The van der Waals surface area contributed by atoms with E-state index in [1.54, 1.807) is 24.3 Å². The number of nitrogens with one attached hydrogen (secondary N) is 2. The number of ether oxygens (including phenoxy) is 1. The lowest BCUT2D eigenvalue weighted by Gasteiger charge is -2.06. The van der Waals surface area contributed by atoms with E-state index < -0.39 is 5.91 Å². The van der Waals surface area contributed by atoms with Crippen molar-refractivity contribution < 1.29 is 9.53 Å². The van der Waals surface area contributed by atoms with Crippen LogP contribution in [0.4, 0.5) is 5.95 Å². The minimum atomic E-state index is -0.409. The molecule has 0 saturated heterocycles. The molecule has 7 nitrogen and oxygen atoms in total. The Morgan fingerprint density at radius 1 is 1.26 bits per heavy atom. The first-order valence-corrected chi connectivity index (χ1v) is 9.22. The van der Waals surface area contributed by atoms with Gasteiger partial charge in [-0.15, -0.1) is 5.10 Å². The second-order valence-corrected chi connectivity index (χ2v) is 6.71. The van der Waals surface area contributed by atoms with Crippen LogP contribution >= 0.6 is 23.4 Å². The Kier molecular flexibility index (Phi) is 6.30. The Labute approximate surface area is 164 Å². The summed E-state index contributed by atoms with van der Waals surface area (Å²) < 4.78 is 5.37. The maximum absolute atomic E-state index is 12.0. The summed E-state index contributed by atoms with van der Waals surface area (Å²) in [7, 11) is 0. The smallest absolute Gasteiger partial charge is 0.264 e. The van der Waals surface area contributed by atoms with Crippen LogP contribution in [0, 0.1) is 11.3 Å². The molecule has 3 aromatic rings. The van der Waals surface area contributed by atoms with Crippen molar-refractivity contribution in [3.05, 3.63) is 64.7 Å². The molecule has 27 heavy (non-hydrogen) atoms. The molecular formula is C18H14ClN5O2S. The molecule has 2 aromatic carbocycles. The number of hydrogen-bond donors (Lipinski definition) is 2. The van der Waals surface area contributed by atoms with Gasteiger partial charge in [-0.25, -0.2) is 5.10 Å². The molecule has 0 aliphatic heterocycles. The third kappa shape index (κ3) is 5.48. The molecule has 0 spiro atoms. The quantitative estimate of drug-likeness (QED) is 0.588. The third-order valence-corrected chi connectivity index (χ3v) is 4.54. The summed E-state index contributed by atoms with van der Waals surface area (Å²) in [6, 6.07) is 16.2. The molecule has 0 bridgehead atoms. The van der Waals surface area contributed by atoms with Crippen LogP contribution < -0.4 is 10.1 Å². The average Bonchev–Trinajstić information content (AvgIpc) is 3.13. The number of carbonyl (C=O) groups is 1. The molecule has 0 aliphatic carbocycles. The fraction of sp³-hybridized carbons (Fsp3) is 0.111. The van der Waals surface area contributed by atoms with Crippen LogP contribution in [0.3, 0.4) is 0 Å². The maximum atomic E-state index is 12.0. The molecule has 1 heterocycles. The van der Waals surface area contributed by atoms with Gasteiger partial charge in [-0.2, -0.15) is 10.2 Å². The Hall–Kier alpha value is -3.02. The van der Waals surface area contributed by atoms with Gasteiger partial charge >= 0.3 is 0 Å². The zero-order chi connectivity index (χ0) is 19.1. The molecule has 1 amide bonds. The van der Waals surface area contributed by atoms with E-state index in [1.165, 1.54) is 11.8 Å².